The number of hydrogen-bond donors (Lipinski definition) is 2. The predicted molar refractivity (Wildman–Crippen MR) is 130 cm³/mol. The van der Waals surface area contributed by atoms with E-state index in [1.165, 1.54) is 5.56 Å². The van der Waals surface area contributed by atoms with E-state index in [1.807, 2.05) is 6.92 Å². The number of aromatic nitrogens is 1. The van der Waals surface area contributed by atoms with Crippen molar-refractivity contribution in [3.05, 3.63) is 45.4 Å². The third-order valence-corrected chi connectivity index (χ3v) is 5.50. The quantitative estimate of drug-likeness (QED) is 0.309. The summed E-state index contributed by atoms with van der Waals surface area (Å²) in [6.07, 6.45) is 3.29. The minimum absolute atomic E-state index is 0. The van der Waals surface area contributed by atoms with E-state index in [9.17, 15) is 0 Å². The molecule has 3 rings (SSSR count). The molecule has 0 bridgehead atoms. The van der Waals surface area contributed by atoms with Crippen LogP contribution in [-0.2, 0) is 17.7 Å². The zero-order valence-electron chi connectivity index (χ0n) is 17.4. The van der Waals surface area contributed by atoms with Crippen molar-refractivity contribution in [2.45, 2.75) is 45.8 Å². The molecule has 1 atom stereocenters. The smallest absolute Gasteiger partial charge is 0.191 e. The molecule has 1 aliphatic heterocycles. The van der Waals surface area contributed by atoms with E-state index >= 15 is 0 Å². The maximum Gasteiger partial charge on any atom is 0.191 e. The fourth-order valence-corrected chi connectivity index (χ4v) is 3.78. The molecule has 0 saturated carbocycles. The molecule has 2 N–H and O–H groups in total. The van der Waals surface area contributed by atoms with Crippen LogP contribution in [0.1, 0.15) is 34.7 Å². The van der Waals surface area contributed by atoms with Crippen molar-refractivity contribution in [2.24, 2.45) is 4.99 Å². The van der Waals surface area contributed by atoms with E-state index in [1.54, 1.807) is 18.4 Å². The van der Waals surface area contributed by atoms with E-state index < -0.39 is 0 Å². The first-order chi connectivity index (χ1) is 13.6. The lowest BCUT2D eigenvalue weighted by Gasteiger charge is -2.17. The number of rotatable bonds is 8. The van der Waals surface area contributed by atoms with Crippen LogP contribution < -0.4 is 15.4 Å². The van der Waals surface area contributed by atoms with Crippen LogP contribution in [0.25, 0.3) is 0 Å². The zero-order chi connectivity index (χ0) is 19.8. The third-order valence-electron chi connectivity index (χ3n) is 4.68. The fourth-order valence-electron chi connectivity index (χ4n) is 3.13. The van der Waals surface area contributed by atoms with Crippen LogP contribution in [0.4, 0.5) is 0 Å². The molecular formula is C21H31IN4O2S. The number of aryl methyl sites for hydroxylation is 2. The van der Waals surface area contributed by atoms with Crippen LogP contribution in [-0.4, -0.2) is 43.9 Å². The lowest BCUT2D eigenvalue weighted by Crippen LogP contribution is -2.38. The van der Waals surface area contributed by atoms with Crippen LogP contribution in [0.2, 0.25) is 0 Å². The van der Waals surface area contributed by atoms with Gasteiger partial charge in [-0.3, -0.25) is 4.99 Å². The molecule has 1 fully saturated rings. The topological polar surface area (TPSA) is 67.8 Å². The first kappa shape index (κ1) is 23.9. The molecule has 0 aliphatic carbocycles. The molecule has 1 aromatic carbocycles. The number of thiazole rings is 1. The average Bonchev–Trinajstić information content (AvgIpc) is 3.35. The second kappa shape index (κ2) is 12.3. The van der Waals surface area contributed by atoms with E-state index in [-0.39, 0.29) is 30.1 Å². The maximum atomic E-state index is 6.08. The number of benzene rings is 1. The standard InChI is InChI=1S/C21H30N4O2S.HI/c1-15-6-7-17(20(11-15)27-13-19-5-4-10-26-19)12-24-21(22-3)23-9-8-18-14-28-16(2)25-18;/h6-7,11,14,19H,4-5,8-10,12-13H2,1-3H3,(H2,22,23,24);1H. The number of nitrogens with one attached hydrogen (secondary N) is 2. The van der Waals surface area contributed by atoms with Crippen LogP contribution in [0.3, 0.4) is 0 Å². The summed E-state index contributed by atoms with van der Waals surface area (Å²) >= 11 is 1.69. The summed E-state index contributed by atoms with van der Waals surface area (Å²) in [6, 6.07) is 6.31. The van der Waals surface area contributed by atoms with Crippen LogP contribution in [0.15, 0.2) is 28.6 Å². The molecule has 0 radical (unpaired) electrons. The van der Waals surface area contributed by atoms with Crippen molar-refractivity contribution in [1.82, 2.24) is 15.6 Å². The molecule has 1 aliphatic rings. The van der Waals surface area contributed by atoms with Crippen molar-refractivity contribution in [3.8, 4) is 5.75 Å². The van der Waals surface area contributed by atoms with Gasteiger partial charge in [-0.2, -0.15) is 0 Å². The predicted octanol–water partition coefficient (Wildman–Crippen LogP) is 3.84. The SMILES string of the molecule is CN=C(NCCc1csc(C)n1)NCc1ccc(C)cc1OCC1CCCO1.I. The van der Waals surface area contributed by atoms with Crippen molar-refractivity contribution in [1.29, 1.82) is 0 Å². The van der Waals surface area contributed by atoms with Gasteiger partial charge in [-0.25, -0.2) is 4.98 Å². The fraction of sp³-hybridized carbons (Fsp3) is 0.524. The molecule has 1 aromatic heterocycles. The van der Waals surface area contributed by atoms with Crippen molar-refractivity contribution in [3.63, 3.8) is 0 Å². The number of guanidine groups is 1. The van der Waals surface area contributed by atoms with Crippen molar-refractivity contribution < 1.29 is 9.47 Å². The minimum atomic E-state index is 0. The van der Waals surface area contributed by atoms with Gasteiger partial charge in [-0.1, -0.05) is 12.1 Å². The van der Waals surface area contributed by atoms with Gasteiger partial charge < -0.3 is 20.1 Å². The summed E-state index contributed by atoms with van der Waals surface area (Å²) < 4.78 is 11.7. The average molecular weight is 530 g/mol. The monoisotopic (exact) mass is 530 g/mol. The Hall–Kier alpha value is -1.39. The van der Waals surface area contributed by atoms with Gasteiger partial charge in [0.25, 0.3) is 0 Å². The molecule has 160 valence electrons. The molecule has 1 unspecified atom stereocenters. The second-order valence-electron chi connectivity index (χ2n) is 7.02. The van der Waals surface area contributed by atoms with Gasteiger partial charge >= 0.3 is 0 Å². The molecule has 2 aromatic rings. The molecule has 1 saturated heterocycles. The number of halogens is 1. The Kier molecular flexibility index (Phi) is 10.2. The van der Waals surface area contributed by atoms with E-state index in [0.29, 0.717) is 13.2 Å². The summed E-state index contributed by atoms with van der Waals surface area (Å²) in [4.78, 5) is 8.80. The highest BCUT2D eigenvalue weighted by molar-refractivity contribution is 14.0. The van der Waals surface area contributed by atoms with Gasteiger partial charge in [0.05, 0.1) is 16.8 Å². The molecule has 0 spiro atoms. The van der Waals surface area contributed by atoms with E-state index in [0.717, 1.165) is 60.4 Å². The minimum Gasteiger partial charge on any atom is -0.491 e. The van der Waals surface area contributed by atoms with Gasteiger partial charge in [-0.15, -0.1) is 35.3 Å². The summed E-state index contributed by atoms with van der Waals surface area (Å²) in [5, 5.41) is 9.93. The molecule has 0 amide bonds. The molecule has 8 heteroatoms. The first-order valence-corrected chi connectivity index (χ1v) is 10.7. The highest BCUT2D eigenvalue weighted by Gasteiger charge is 2.17. The van der Waals surface area contributed by atoms with Crippen LogP contribution in [0, 0.1) is 13.8 Å². The normalized spacial score (nSPS) is 16.4. The zero-order valence-corrected chi connectivity index (χ0v) is 20.5. The summed E-state index contributed by atoms with van der Waals surface area (Å²) in [6.45, 7) is 7.00. The van der Waals surface area contributed by atoms with Crippen LogP contribution in [0.5, 0.6) is 5.75 Å². The lowest BCUT2D eigenvalue weighted by atomic mass is 10.1. The van der Waals surface area contributed by atoms with E-state index in [4.69, 9.17) is 9.47 Å². The Morgan fingerprint density at radius 2 is 2.21 bits per heavy atom. The van der Waals surface area contributed by atoms with Gasteiger partial charge in [-0.05, 0) is 38.3 Å². The summed E-state index contributed by atoms with van der Waals surface area (Å²) in [7, 11) is 1.78. The highest BCUT2D eigenvalue weighted by Crippen LogP contribution is 2.22. The third kappa shape index (κ3) is 7.75. The number of hydrogen-bond acceptors (Lipinski definition) is 5. The van der Waals surface area contributed by atoms with Crippen LogP contribution >= 0.6 is 35.3 Å². The number of nitrogens with zero attached hydrogens (tertiary/aromatic N) is 2. The highest BCUT2D eigenvalue weighted by atomic mass is 127. The Balaban J connectivity index is 0.00000300. The Labute approximate surface area is 194 Å². The van der Waals surface area contributed by atoms with E-state index in [2.05, 4.69) is 51.1 Å². The Bertz CT molecular complexity index is 791. The first-order valence-electron chi connectivity index (χ1n) is 9.83. The van der Waals surface area contributed by atoms with Gasteiger partial charge in [0.15, 0.2) is 5.96 Å². The lowest BCUT2D eigenvalue weighted by molar-refractivity contribution is 0.0676. The second-order valence-corrected chi connectivity index (χ2v) is 8.08. The van der Waals surface area contributed by atoms with Gasteiger partial charge in [0.2, 0.25) is 0 Å². The molecule has 29 heavy (non-hydrogen) atoms. The number of ether oxygens (including phenoxy) is 2. The Morgan fingerprint density at radius 1 is 1.34 bits per heavy atom. The molecule has 2 heterocycles. The molecular weight excluding hydrogens is 499 g/mol. The maximum absolute atomic E-state index is 6.08. The Morgan fingerprint density at radius 3 is 2.90 bits per heavy atom. The number of aliphatic imine (C=N–C) groups is 1. The van der Waals surface area contributed by atoms with Gasteiger partial charge in [0, 0.05) is 44.1 Å². The molecule has 6 nitrogen and oxygen atoms in total. The van der Waals surface area contributed by atoms with Crippen molar-refractivity contribution in [2.75, 3.05) is 26.8 Å². The largest absolute Gasteiger partial charge is 0.491 e. The van der Waals surface area contributed by atoms with Crippen molar-refractivity contribution >= 4 is 41.3 Å². The summed E-state index contributed by atoms with van der Waals surface area (Å²) in [5.74, 6) is 1.69. The summed E-state index contributed by atoms with van der Waals surface area (Å²) in [5.41, 5.74) is 3.42. The van der Waals surface area contributed by atoms with Gasteiger partial charge in [0.1, 0.15) is 12.4 Å².